The lowest BCUT2D eigenvalue weighted by Crippen LogP contribution is -2.14. The number of amides is 1. The summed E-state index contributed by atoms with van der Waals surface area (Å²) in [6, 6.07) is 12.4. The van der Waals surface area contributed by atoms with Crippen molar-refractivity contribution < 1.29 is 14.0 Å². The molecule has 0 saturated heterocycles. The number of carbonyl (C=O) groups excluding carboxylic acids is 2. The highest BCUT2D eigenvalue weighted by Crippen LogP contribution is 2.10. The maximum Gasteiger partial charge on any atom is 0.228 e. The molecule has 0 spiro atoms. The molecule has 0 unspecified atom stereocenters. The number of rotatable bonds is 4. The number of nitrogens with one attached hydrogen (secondary N) is 1. The number of hydrogen-bond donors (Lipinski definition) is 1. The Labute approximate surface area is 110 Å². The van der Waals surface area contributed by atoms with E-state index in [0.717, 1.165) is 11.8 Å². The molecule has 0 bridgehead atoms. The third-order valence-electron chi connectivity index (χ3n) is 2.58. The van der Waals surface area contributed by atoms with E-state index in [1.54, 1.807) is 36.4 Å². The Balaban J connectivity index is 2.00. The van der Waals surface area contributed by atoms with E-state index < -0.39 is 0 Å². The molecule has 3 nitrogen and oxygen atoms in total. The molecule has 2 aromatic carbocycles. The van der Waals surface area contributed by atoms with Gasteiger partial charge in [0.2, 0.25) is 5.91 Å². The summed E-state index contributed by atoms with van der Waals surface area (Å²) in [5.41, 5.74) is 1.79. The van der Waals surface area contributed by atoms with Crippen LogP contribution >= 0.6 is 0 Å². The Kier molecular flexibility index (Phi) is 4.03. The van der Waals surface area contributed by atoms with Crippen LogP contribution in [0.3, 0.4) is 0 Å². The molecule has 0 fully saturated rings. The molecule has 19 heavy (non-hydrogen) atoms. The summed E-state index contributed by atoms with van der Waals surface area (Å²) in [5.74, 6) is -0.544. The van der Waals surface area contributed by atoms with Gasteiger partial charge in [0, 0.05) is 11.3 Å². The summed E-state index contributed by atoms with van der Waals surface area (Å²) in [6.45, 7) is 0. The van der Waals surface area contributed by atoms with Crippen molar-refractivity contribution in [1.82, 2.24) is 0 Å². The Morgan fingerprint density at radius 2 is 1.89 bits per heavy atom. The molecule has 0 aliphatic heterocycles. The first kappa shape index (κ1) is 13.0. The van der Waals surface area contributed by atoms with E-state index in [4.69, 9.17) is 0 Å². The topological polar surface area (TPSA) is 46.2 Å². The van der Waals surface area contributed by atoms with E-state index in [2.05, 4.69) is 5.32 Å². The van der Waals surface area contributed by atoms with Gasteiger partial charge in [0.25, 0.3) is 0 Å². The molecule has 0 radical (unpaired) electrons. The van der Waals surface area contributed by atoms with Gasteiger partial charge in [-0.15, -0.1) is 0 Å². The van der Waals surface area contributed by atoms with Crippen molar-refractivity contribution in [1.29, 1.82) is 0 Å². The van der Waals surface area contributed by atoms with E-state index in [0.29, 0.717) is 11.3 Å². The second-order valence-electron chi connectivity index (χ2n) is 4.09. The van der Waals surface area contributed by atoms with Crippen LogP contribution in [0, 0.1) is 5.82 Å². The SMILES string of the molecule is O=Cc1cccc(NC(=O)Cc2ccc(F)cc2)c1. The Morgan fingerprint density at radius 1 is 1.16 bits per heavy atom. The summed E-state index contributed by atoms with van der Waals surface area (Å²) in [7, 11) is 0. The van der Waals surface area contributed by atoms with Crippen LogP contribution in [0.2, 0.25) is 0 Å². The van der Waals surface area contributed by atoms with Crippen molar-refractivity contribution >= 4 is 17.9 Å². The van der Waals surface area contributed by atoms with Crippen LogP contribution < -0.4 is 5.32 Å². The zero-order chi connectivity index (χ0) is 13.7. The van der Waals surface area contributed by atoms with Crippen molar-refractivity contribution in [2.24, 2.45) is 0 Å². The molecule has 0 aliphatic carbocycles. The lowest BCUT2D eigenvalue weighted by molar-refractivity contribution is -0.115. The standard InChI is InChI=1S/C15H12FNO2/c16-13-6-4-11(5-7-13)9-15(19)17-14-3-1-2-12(8-14)10-18/h1-8,10H,9H2,(H,17,19). The minimum Gasteiger partial charge on any atom is -0.326 e. The molecule has 0 atom stereocenters. The number of carbonyl (C=O) groups is 2. The Hall–Kier alpha value is -2.49. The highest BCUT2D eigenvalue weighted by Gasteiger charge is 2.04. The number of benzene rings is 2. The monoisotopic (exact) mass is 257 g/mol. The van der Waals surface area contributed by atoms with Crippen molar-refractivity contribution in [2.75, 3.05) is 5.32 Å². The second kappa shape index (κ2) is 5.91. The smallest absolute Gasteiger partial charge is 0.228 e. The van der Waals surface area contributed by atoms with Crippen LogP contribution in [-0.4, -0.2) is 12.2 Å². The molecule has 0 saturated carbocycles. The van der Waals surface area contributed by atoms with E-state index in [1.807, 2.05) is 0 Å². The van der Waals surface area contributed by atoms with E-state index >= 15 is 0 Å². The summed E-state index contributed by atoms with van der Waals surface area (Å²) >= 11 is 0. The normalized spacial score (nSPS) is 9.95. The number of hydrogen-bond acceptors (Lipinski definition) is 2. The van der Waals surface area contributed by atoms with Gasteiger partial charge in [0.1, 0.15) is 12.1 Å². The van der Waals surface area contributed by atoms with Crippen molar-refractivity contribution in [3.05, 3.63) is 65.5 Å². The van der Waals surface area contributed by atoms with Gasteiger partial charge in [0.05, 0.1) is 6.42 Å². The lowest BCUT2D eigenvalue weighted by Gasteiger charge is -2.05. The first-order valence-electron chi connectivity index (χ1n) is 5.77. The maximum atomic E-state index is 12.7. The molecule has 1 amide bonds. The minimum atomic E-state index is -0.331. The van der Waals surface area contributed by atoms with E-state index in [1.165, 1.54) is 12.1 Å². The quantitative estimate of drug-likeness (QED) is 0.856. The first-order chi connectivity index (χ1) is 9.17. The fourth-order valence-electron chi connectivity index (χ4n) is 1.68. The zero-order valence-corrected chi connectivity index (χ0v) is 10.1. The van der Waals surface area contributed by atoms with Crippen molar-refractivity contribution in [3.63, 3.8) is 0 Å². The van der Waals surface area contributed by atoms with Crippen LogP contribution in [0.5, 0.6) is 0 Å². The molecule has 0 aromatic heterocycles. The summed E-state index contributed by atoms with van der Waals surface area (Å²) in [5, 5.41) is 2.69. The predicted molar refractivity (Wildman–Crippen MR) is 70.6 cm³/mol. The molecule has 96 valence electrons. The number of halogens is 1. The van der Waals surface area contributed by atoms with E-state index in [-0.39, 0.29) is 18.1 Å². The van der Waals surface area contributed by atoms with Crippen LogP contribution in [0.15, 0.2) is 48.5 Å². The largest absolute Gasteiger partial charge is 0.326 e. The highest BCUT2D eigenvalue weighted by molar-refractivity contribution is 5.93. The van der Waals surface area contributed by atoms with Gasteiger partial charge in [0.15, 0.2) is 0 Å². The van der Waals surface area contributed by atoms with Gasteiger partial charge < -0.3 is 5.32 Å². The van der Waals surface area contributed by atoms with Crippen molar-refractivity contribution in [2.45, 2.75) is 6.42 Å². The average Bonchev–Trinajstić information content (AvgIpc) is 2.41. The fraction of sp³-hybridized carbons (Fsp3) is 0.0667. The molecule has 0 aliphatic rings. The third kappa shape index (κ3) is 3.74. The maximum absolute atomic E-state index is 12.7. The summed E-state index contributed by atoms with van der Waals surface area (Å²) < 4.78 is 12.7. The summed E-state index contributed by atoms with van der Waals surface area (Å²) in [4.78, 5) is 22.4. The van der Waals surface area contributed by atoms with Gasteiger partial charge in [-0.25, -0.2) is 4.39 Å². The molecule has 2 rings (SSSR count). The van der Waals surface area contributed by atoms with Crippen LogP contribution in [0.25, 0.3) is 0 Å². The Morgan fingerprint density at radius 3 is 2.58 bits per heavy atom. The zero-order valence-electron chi connectivity index (χ0n) is 10.1. The van der Waals surface area contributed by atoms with Crippen LogP contribution in [0.4, 0.5) is 10.1 Å². The molecule has 4 heteroatoms. The van der Waals surface area contributed by atoms with Crippen LogP contribution in [-0.2, 0) is 11.2 Å². The van der Waals surface area contributed by atoms with Crippen molar-refractivity contribution in [3.8, 4) is 0 Å². The lowest BCUT2D eigenvalue weighted by atomic mass is 10.1. The second-order valence-corrected chi connectivity index (χ2v) is 4.09. The highest BCUT2D eigenvalue weighted by atomic mass is 19.1. The predicted octanol–water partition coefficient (Wildman–Crippen LogP) is 2.82. The molecular formula is C15H12FNO2. The first-order valence-corrected chi connectivity index (χ1v) is 5.77. The molecule has 1 N–H and O–H groups in total. The van der Waals surface area contributed by atoms with Gasteiger partial charge in [-0.05, 0) is 29.8 Å². The third-order valence-corrected chi connectivity index (χ3v) is 2.58. The molecular weight excluding hydrogens is 245 g/mol. The van der Waals surface area contributed by atoms with Gasteiger partial charge in [-0.3, -0.25) is 9.59 Å². The Bertz CT molecular complexity index is 593. The molecule has 0 heterocycles. The minimum absolute atomic E-state index is 0.158. The number of aldehydes is 1. The summed E-state index contributed by atoms with van der Waals surface area (Å²) in [6.07, 6.45) is 0.876. The van der Waals surface area contributed by atoms with Gasteiger partial charge in [-0.1, -0.05) is 24.3 Å². The van der Waals surface area contributed by atoms with Crippen LogP contribution in [0.1, 0.15) is 15.9 Å². The molecule has 2 aromatic rings. The van der Waals surface area contributed by atoms with E-state index in [9.17, 15) is 14.0 Å². The van der Waals surface area contributed by atoms with Gasteiger partial charge >= 0.3 is 0 Å². The fourth-order valence-corrected chi connectivity index (χ4v) is 1.68. The number of anilines is 1. The average molecular weight is 257 g/mol. The van der Waals surface area contributed by atoms with Gasteiger partial charge in [-0.2, -0.15) is 0 Å².